The van der Waals surface area contributed by atoms with Crippen LogP contribution >= 0.6 is 0 Å². The van der Waals surface area contributed by atoms with E-state index in [1.54, 1.807) is 11.6 Å². The smallest absolute Gasteiger partial charge is 0.332 e. The molecule has 3 aromatic rings. The van der Waals surface area contributed by atoms with Gasteiger partial charge < -0.3 is 9.09 Å². The zero-order valence-corrected chi connectivity index (χ0v) is 12.2. The lowest BCUT2D eigenvalue weighted by Gasteiger charge is -2.06. The standard InChI is InChI=1S/C13H13N5O4/c1-7(19)9-4-8(22-15-9)5-18-12(20)10-11(14-6-16(10)2)17(3)13(18)21/h4,6H,5H2,1-3H3. The van der Waals surface area contributed by atoms with E-state index in [4.69, 9.17) is 4.52 Å². The summed E-state index contributed by atoms with van der Waals surface area (Å²) in [6, 6.07) is 1.42. The quantitative estimate of drug-likeness (QED) is 0.614. The monoisotopic (exact) mass is 303 g/mol. The molecule has 0 N–H and O–H groups in total. The molecule has 114 valence electrons. The average molecular weight is 303 g/mol. The molecule has 0 aliphatic rings. The molecule has 0 aliphatic heterocycles. The number of ketones is 1. The zero-order valence-electron chi connectivity index (χ0n) is 12.2. The molecule has 0 saturated carbocycles. The summed E-state index contributed by atoms with van der Waals surface area (Å²) in [5.41, 5.74) is -0.207. The van der Waals surface area contributed by atoms with Crippen LogP contribution in [0.4, 0.5) is 0 Å². The number of hydrogen-bond donors (Lipinski definition) is 0. The van der Waals surface area contributed by atoms with E-state index in [1.165, 1.54) is 30.9 Å². The maximum absolute atomic E-state index is 12.5. The molecule has 0 saturated heterocycles. The van der Waals surface area contributed by atoms with Crippen molar-refractivity contribution in [2.45, 2.75) is 13.5 Å². The molecule has 0 aromatic carbocycles. The number of aromatic nitrogens is 5. The molecule has 22 heavy (non-hydrogen) atoms. The predicted octanol–water partition coefficient (Wildman–Crippen LogP) is -0.327. The topological polar surface area (TPSA) is 105 Å². The van der Waals surface area contributed by atoms with Gasteiger partial charge in [0.2, 0.25) is 0 Å². The summed E-state index contributed by atoms with van der Waals surface area (Å²) in [4.78, 5) is 40.1. The molecule has 0 fully saturated rings. The van der Waals surface area contributed by atoms with Gasteiger partial charge in [0.05, 0.1) is 12.9 Å². The number of nitrogens with zero attached hydrogens (tertiary/aromatic N) is 5. The summed E-state index contributed by atoms with van der Waals surface area (Å²) in [5, 5.41) is 3.60. The largest absolute Gasteiger partial charge is 0.359 e. The van der Waals surface area contributed by atoms with Gasteiger partial charge in [-0.2, -0.15) is 0 Å². The Bertz CT molecular complexity index is 1000. The summed E-state index contributed by atoms with van der Waals surface area (Å²) in [5.74, 6) is 0.00301. The van der Waals surface area contributed by atoms with Crippen LogP contribution < -0.4 is 11.2 Å². The lowest BCUT2D eigenvalue weighted by molar-refractivity contribution is 0.100. The van der Waals surface area contributed by atoms with Crippen LogP contribution in [-0.2, 0) is 20.6 Å². The molecule has 3 heterocycles. The average Bonchev–Trinajstić information content (AvgIpc) is 3.08. The molecular weight excluding hydrogens is 290 g/mol. The van der Waals surface area contributed by atoms with Crippen LogP contribution in [0, 0.1) is 0 Å². The first-order valence-corrected chi connectivity index (χ1v) is 6.47. The summed E-state index contributed by atoms with van der Waals surface area (Å²) >= 11 is 0. The van der Waals surface area contributed by atoms with Crippen LogP contribution in [0.2, 0.25) is 0 Å². The number of carbonyl (C=O) groups is 1. The fourth-order valence-corrected chi connectivity index (χ4v) is 2.24. The molecule has 9 nitrogen and oxygen atoms in total. The molecular formula is C13H13N5O4. The van der Waals surface area contributed by atoms with Crippen molar-refractivity contribution in [3.8, 4) is 0 Å². The summed E-state index contributed by atoms with van der Waals surface area (Å²) in [6.07, 6.45) is 1.47. The van der Waals surface area contributed by atoms with E-state index in [9.17, 15) is 14.4 Å². The third kappa shape index (κ3) is 1.98. The SMILES string of the molecule is CC(=O)c1cc(Cn2c(=O)c3c(ncn3C)n(C)c2=O)on1. The Morgan fingerprint density at radius 3 is 2.68 bits per heavy atom. The van der Waals surface area contributed by atoms with E-state index in [-0.39, 0.29) is 23.8 Å². The number of aryl methyl sites for hydroxylation is 2. The second-order valence-corrected chi connectivity index (χ2v) is 5.00. The van der Waals surface area contributed by atoms with E-state index in [0.29, 0.717) is 11.2 Å². The van der Waals surface area contributed by atoms with Crippen molar-refractivity contribution < 1.29 is 9.32 Å². The Morgan fingerprint density at radius 1 is 1.32 bits per heavy atom. The molecule has 9 heteroatoms. The summed E-state index contributed by atoms with van der Waals surface area (Å²) in [6.45, 7) is 1.25. The number of imidazole rings is 1. The van der Waals surface area contributed by atoms with Crippen molar-refractivity contribution in [1.29, 1.82) is 0 Å². The van der Waals surface area contributed by atoms with Crippen LogP contribution in [0.15, 0.2) is 26.5 Å². The summed E-state index contributed by atoms with van der Waals surface area (Å²) < 4.78 is 8.87. The van der Waals surface area contributed by atoms with Gasteiger partial charge in [-0.3, -0.25) is 18.7 Å². The summed E-state index contributed by atoms with van der Waals surface area (Å²) in [7, 11) is 3.21. The van der Waals surface area contributed by atoms with Gasteiger partial charge in [0.1, 0.15) is 5.69 Å². The highest BCUT2D eigenvalue weighted by atomic mass is 16.5. The van der Waals surface area contributed by atoms with Gasteiger partial charge in [-0.05, 0) is 0 Å². The molecule has 0 amide bonds. The van der Waals surface area contributed by atoms with Crippen LogP contribution in [-0.4, -0.2) is 29.6 Å². The Kier molecular flexibility index (Phi) is 3.05. The van der Waals surface area contributed by atoms with Crippen LogP contribution in [0.25, 0.3) is 11.2 Å². The molecule has 0 unspecified atom stereocenters. The minimum absolute atomic E-state index is 0.104. The highest BCUT2D eigenvalue weighted by Crippen LogP contribution is 2.07. The van der Waals surface area contributed by atoms with Crippen molar-refractivity contribution >= 4 is 16.9 Å². The van der Waals surface area contributed by atoms with Crippen LogP contribution in [0.5, 0.6) is 0 Å². The maximum atomic E-state index is 12.5. The number of carbonyl (C=O) groups excluding carboxylic acids is 1. The van der Waals surface area contributed by atoms with Gasteiger partial charge in [-0.25, -0.2) is 9.78 Å². The van der Waals surface area contributed by atoms with Gasteiger partial charge >= 0.3 is 5.69 Å². The van der Waals surface area contributed by atoms with Gasteiger partial charge in [0.15, 0.2) is 22.7 Å². The first-order chi connectivity index (χ1) is 10.4. The molecule has 0 aliphatic carbocycles. The van der Waals surface area contributed by atoms with E-state index in [0.717, 1.165) is 4.57 Å². The molecule has 0 spiro atoms. The Labute approximate surface area is 123 Å². The maximum Gasteiger partial charge on any atom is 0.332 e. The molecule has 0 radical (unpaired) electrons. The van der Waals surface area contributed by atoms with Gasteiger partial charge in [0, 0.05) is 27.1 Å². The lowest BCUT2D eigenvalue weighted by Crippen LogP contribution is -2.39. The van der Waals surface area contributed by atoms with Crippen molar-refractivity contribution in [3.05, 3.63) is 44.7 Å². The fraction of sp³-hybridized carbons (Fsp3) is 0.308. The highest BCUT2D eigenvalue weighted by Gasteiger charge is 2.17. The Hall–Kier alpha value is -2.97. The van der Waals surface area contributed by atoms with E-state index in [2.05, 4.69) is 10.1 Å². The Morgan fingerprint density at radius 2 is 2.05 bits per heavy atom. The molecule has 3 aromatic heterocycles. The zero-order chi connectivity index (χ0) is 16.0. The fourth-order valence-electron chi connectivity index (χ4n) is 2.24. The first-order valence-electron chi connectivity index (χ1n) is 6.47. The van der Waals surface area contributed by atoms with Gasteiger partial charge in [0.25, 0.3) is 5.56 Å². The van der Waals surface area contributed by atoms with Crippen LogP contribution in [0.3, 0.4) is 0 Å². The van der Waals surface area contributed by atoms with E-state index < -0.39 is 11.2 Å². The predicted molar refractivity (Wildman–Crippen MR) is 75.8 cm³/mol. The minimum atomic E-state index is -0.517. The van der Waals surface area contributed by atoms with Gasteiger partial charge in [-0.1, -0.05) is 5.16 Å². The molecule has 3 rings (SSSR count). The van der Waals surface area contributed by atoms with Crippen LogP contribution in [0.1, 0.15) is 23.2 Å². The van der Waals surface area contributed by atoms with Crippen molar-refractivity contribution in [1.82, 2.24) is 23.8 Å². The third-order valence-electron chi connectivity index (χ3n) is 3.43. The van der Waals surface area contributed by atoms with Crippen molar-refractivity contribution in [2.24, 2.45) is 14.1 Å². The number of hydrogen-bond acceptors (Lipinski definition) is 6. The molecule has 0 atom stereocenters. The number of Topliss-reactive ketones (excluding diaryl/α,β-unsaturated/α-hetero) is 1. The number of fused-ring (bicyclic) bond motifs is 1. The third-order valence-corrected chi connectivity index (χ3v) is 3.43. The van der Waals surface area contributed by atoms with Crippen molar-refractivity contribution in [2.75, 3.05) is 0 Å². The number of rotatable bonds is 3. The Balaban J connectivity index is 2.18. The van der Waals surface area contributed by atoms with Gasteiger partial charge in [-0.15, -0.1) is 0 Å². The van der Waals surface area contributed by atoms with E-state index >= 15 is 0 Å². The second kappa shape index (κ2) is 4.79. The molecule has 0 bridgehead atoms. The highest BCUT2D eigenvalue weighted by molar-refractivity contribution is 5.91. The lowest BCUT2D eigenvalue weighted by atomic mass is 10.3. The van der Waals surface area contributed by atoms with E-state index in [1.807, 2.05) is 0 Å². The first kappa shape index (κ1) is 14.0. The second-order valence-electron chi connectivity index (χ2n) is 5.00. The minimum Gasteiger partial charge on any atom is -0.359 e. The van der Waals surface area contributed by atoms with Crippen molar-refractivity contribution in [3.63, 3.8) is 0 Å². The normalized spacial score (nSPS) is 11.2.